The van der Waals surface area contributed by atoms with Gasteiger partial charge < -0.3 is 21.1 Å². The number of carbonyl (C=O) groups excluding carboxylic acids is 2. The zero-order valence-electron chi connectivity index (χ0n) is 21.4. The van der Waals surface area contributed by atoms with Gasteiger partial charge in [0.2, 0.25) is 0 Å². The zero-order chi connectivity index (χ0) is 27.2. The van der Waals surface area contributed by atoms with Crippen molar-refractivity contribution in [2.45, 2.75) is 58.9 Å². The average Bonchev–Trinajstić information content (AvgIpc) is 2.81. The third-order valence-corrected chi connectivity index (χ3v) is 7.44. The van der Waals surface area contributed by atoms with Crippen LogP contribution in [0.2, 0.25) is 10.0 Å². The molecule has 3 amide bonds. The number of benzene rings is 2. The largest absolute Gasteiger partial charge is 0.481 e. The normalized spacial score (nSPS) is 18.5. The number of aliphatic carboxylic acids is 1. The highest BCUT2D eigenvalue weighted by atomic mass is 35.5. The number of carboxylic acids is 1. The summed E-state index contributed by atoms with van der Waals surface area (Å²) in [4.78, 5) is 36.5. The molecule has 0 spiro atoms. The predicted octanol–water partition coefficient (Wildman–Crippen LogP) is 6.91. The lowest BCUT2D eigenvalue weighted by Crippen LogP contribution is -2.39. The van der Waals surface area contributed by atoms with Crippen molar-refractivity contribution in [1.82, 2.24) is 10.6 Å². The standard InChI is InChI=1S/C28H35Cl2N3O4/c1-28(2,3)20-9-7-17(8-10-20)25(33-27(37)32-23-15-21(29)14-22(30)16-23)18-5-4-6-19(13-18)26(36)31-12-11-24(34)35/h4-6,13-17,20,25H,7-12H2,1-3H3,(H,31,36)(H,34,35)(H2,32,33,37). The van der Waals surface area contributed by atoms with Crippen molar-refractivity contribution in [3.8, 4) is 0 Å². The summed E-state index contributed by atoms with van der Waals surface area (Å²) >= 11 is 12.2. The van der Waals surface area contributed by atoms with Gasteiger partial charge >= 0.3 is 12.0 Å². The molecule has 200 valence electrons. The van der Waals surface area contributed by atoms with Crippen molar-refractivity contribution in [3.63, 3.8) is 0 Å². The lowest BCUT2D eigenvalue weighted by Gasteiger charge is -2.39. The lowest BCUT2D eigenvalue weighted by atomic mass is 9.68. The van der Waals surface area contributed by atoms with Crippen molar-refractivity contribution in [2.24, 2.45) is 17.3 Å². The number of hydrogen-bond acceptors (Lipinski definition) is 3. The topological polar surface area (TPSA) is 108 Å². The highest BCUT2D eigenvalue weighted by Gasteiger charge is 2.34. The summed E-state index contributed by atoms with van der Waals surface area (Å²) in [6.45, 7) is 6.85. The minimum atomic E-state index is -0.976. The smallest absolute Gasteiger partial charge is 0.319 e. The lowest BCUT2D eigenvalue weighted by molar-refractivity contribution is -0.136. The zero-order valence-corrected chi connectivity index (χ0v) is 23.0. The van der Waals surface area contributed by atoms with E-state index in [1.54, 1.807) is 36.4 Å². The van der Waals surface area contributed by atoms with Gasteiger partial charge in [-0.3, -0.25) is 9.59 Å². The van der Waals surface area contributed by atoms with E-state index in [0.717, 1.165) is 31.2 Å². The number of anilines is 1. The summed E-state index contributed by atoms with van der Waals surface area (Å²) < 4.78 is 0. The van der Waals surface area contributed by atoms with Gasteiger partial charge in [0.1, 0.15) is 0 Å². The molecule has 0 saturated heterocycles. The molecule has 0 aliphatic heterocycles. The Kier molecular flexibility index (Phi) is 9.85. The number of urea groups is 1. The number of carbonyl (C=O) groups is 3. The van der Waals surface area contributed by atoms with E-state index in [1.165, 1.54) is 0 Å². The molecular weight excluding hydrogens is 513 g/mol. The van der Waals surface area contributed by atoms with E-state index in [2.05, 4.69) is 36.7 Å². The molecule has 4 N–H and O–H groups in total. The van der Waals surface area contributed by atoms with E-state index in [9.17, 15) is 14.4 Å². The van der Waals surface area contributed by atoms with Gasteiger partial charge in [-0.25, -0.2) is 4.79 Å². The summed E-state index contributed by atoms with van der Waals surface area (Å²) in [5, 5.41) is 18.2. The second kappa shape index (κ2) is 12.7. The molecule has 2 aromatic rings. The van der Waals surface area contributed by atoms with Gasteiger partial charge in [-0.15, -0.1) is 0 Å². The SMILES string of the molecule is CC(C)(C)C1CCC(C(NC(=O)Nc2cc(Cl)cc(Cl)c2)c2cccc(C(=O)NCCC(=O)O)c2)CC1. The molecule has 7 nitrogen and oxygen atoms in total. The number of amides is 3. The first-order valence-electron chi connectivity index (χ1n) is 12.6. The summed E-state index contributed by atoms with van der Waals surface area (Å²) in [6, 6.07) is 11.3. The third kappa shape index (κ3) is 8.64. The molecular formula is C28H35Cl2N3O4. The molecule has 1 atom stereocenters. The van der Waals surface area contributed by atoms with E-state index in [4.69, 9.17) is 28.3 Å². The van der Waals surface area contributed by atoms with Crippen LogP contribution in [0.3, 0.4) is 0 Å². The van der Waals surface area contributed by atoms with Crippen molar-refractivity contribution < 1.29 is 19.5 Å². The molecule has 1 unspecified atom stereocenters. The summed E-state index contributed by atoms with van der Waals surface area (Å²) in [5.41, 5.74) is 1.95. The van der Waals surface area contributed by atoms with Crippen LogP contribution in [-0.4, -0.2) is 29.6 Å². The Morgan fingerprint density at radius 2 is 1.65 bits per heavy atom. The minimum absolute atomic E-state index is 0.0431. The second-order valence-electron chi connectivity index (χ2n) is 10.7. The van der Waals surface area contributed by atoms with Crippen molar-refractivity contribution in [3.05, 3.63) is 63.6 Å². The maximum Gasteiger partial charge on any atom is 0.319 e. The summed E-state index contributed by atoms with van der Waals surface area (Å²) in [6.07, 6.45) is 3.87. The van der Waals surface area contributed by atoms with Gasteiger partial charge in [-0.1, -0.05) is 56.1 Å². The van der Waals surface area contributed by atoms with Crippen LogP contribution < -0.4 is 16.0 Å². The molecule has 1 fully saturated rings. The molecule has 1 saturated carbocycles. The van der Waals surface area contributed by atoms with Gasteiger partial charge in [-0.2, -0.15) is 0 Å². The Bertz CT molecular complexity index is 1100. The highest BCUT2D eigenvalue weighted by molar-refractivity contribution is 6.35. The van der Waals surface area contributed by atoms with Gasteiger partial charge in [0.25, 0.3) is 5.91 Å². The fourth-order valence-electron chi connectivity index (χ4n) is 4.98. The Morgan fingerprint density at radius 3 is 2.24 bits per heavy atom. The maximum absolute atomic E-state index is 13.1. The molecule has 3 rings (SSSR count). The van der Waals surface area contributed by atoms with Crippen LogP contribution in [0.4, 0.5) is 10.5 Å². The number of halogens is 2. The van der Waals surface area contributed by atoms with Gasteiger partial charge in [0.05, 0.1) is 12.5 Å². The fraction of sp³-hybridized carbons (Fsp3) is 0.464. The Morgan fingerprint density at radius 1 is 1.00 bits per heavy atom. The van der Waals surface area contributed by atoms with E-state index in [1.807, 2.05) is 6.07 Å². The van der Waals surface area contributed by atoms with Crippen LogP contribution >= 0.6 is 23.2 Å². The van der Waals surface area contributed by atoms with Crippen molar-refractivity contribution in [1.29, 1.82) is 0 Å². The number of rotatable bonds is 8. The predicted molar refractivity (Wildman–Crippen MR) is 147 cm³/mol. The van der Waals surface area contributed by atoms with Crippen LogP contribution in [0.15, 0.2) is 42.5 Å². The van der Waals surface area contributed by atoms with Crippen molar-refractivity contribution >= 4 is 46.8 Å². The molecule has 0 radical (unpaired) electrons. The molecule has 0 heterocycles. The quantitative estimate of drug-likeness (QED) is 0.287. The van der Waals surface area contributed by atoms with Crippen LogP contribution in [0, 0.1) is 17.3 Å². The molecule has 0 aromatic heterocycles. The highest BCUT2D eigenvalue weighted by Crippen LogP contribution is 2.43. The minimum Gasteiger partial charge on any atom is -0.481 e. The first-order chi connectivity index (χ1) is 17.4. The molecule has 37 heavy (non-hydrogen) atoms. The fourth-order valence-corrected chi connectivity index (χ4v) is 5.51. The van der Waals surface area contributed by atoms with Crippen LogP contribution in [-0.2, 0) is 4.79 Å². The first kappa shape index (κ1) is 28.8. The Labute approximate surface area is 228 Å². The van der Waals surface area contributed by atoms with Crippen molar-refractivity contribution in [2.75, 3.05) is 11.9 Å². The van der Waals surface area contributed by atoms with Crippen LogP contribution in [0.5, 0.6) is 0 Å². The monoisotopic (exact) mass is 547 g/mol. The van der Waals surface area contributed by atoms with Crippen LogP contribution in [0.25, 0.3) is 0 Å². The summed E-state index contributed by atoms with van der Waals surface area (Å²) in [7, 11) is 0. The maximum atomic E-state index is 13.1. The number of hydrogen-bond donors (Lipinski definition) is 4. The van der Waals surface area contributed by atoms with E-state index in [0.29, 0.717) is 27.2 Å². The Hall–Kier alpha value is -2.77. The molecule has 9 heteroatoms. The number of carboxylic acid groups (broad SMARTS) is 1. The number of nitrogens with one attached hydrogen (secondary N) is 3. The van der Waals surface area contributed by atoms with E-state index in [-0.39, 0.29) is 36.2 Å². The first-order valence-corrected chi connectivity index (χ1v) is 13.3. The average molecular weight is 549 g/mol. The van der Waals surface area contributed by atoms with Gasteiger partial charge in [0.15, 0.2) is 0 Å². The molecule has 0 bridgehead atoms. The second-order valence-corrected chi connectivity index (χ2v) is 11.6. The van der Waals surface area contributed by atoms with E-state index >= 15 is 0 Å². The third-order valence-electron chi connectivity index (χ3n) is 7.01. The molecule has 1 aliphatic rings. The Balaban J connectivity index is 1.80. The molecule has 2 aromatic carbocycles. The van der Waals surface area contributed by atoms with Gasteiger partial charge in [-0.05, 0) is 78.8 Å². The van der Waals surface area contributed by atoms with E-state index < -0.39 is 12.0 Å². The van der Waals surface area contributed by atoms with Gasteiger partial charge in [0, 0.05) is 27.8 Å². The van der Waals surface area contributed by atoms with Crippen LogP contribution in [0.1, 0.15) is 74.8 Å². The summed E-state index contributed by atoms with van der Waals surface area (Å²) in [5.74, 6) is -0.525. The molecule has 1 aliphatic carbocycles.